The highest BCUT2D eigenvalue weighted by molar-refractivity contribution is 5.91. The standard InChI is InChI=1S/C13H21N3O3/c1-3-11-8-18-5-4-16(11)7-10-6-12(13(17)15-14)19-9(10)2/h6,11H,3-5,7-8,14H2,1-2H3,(H,15,17). The van der Waals surface area contributed by atoms with E-state index >= 15 is 0 Å². The van der Waals surface area contributed by atoms with Crippen LogP contribution >= 0.6 is 0 Å². The van der Waals surface area contributed by atoms with E-state index < -0.39 is 5.91 Å². The molecule has 6 heteroatoms. The zero-order valence-corrected chi connectivity index (χ0v) is 11.4. The number of morpholine rings is 1. The second-order valence-electron chi connectivity index (χ2n) is 4.77. The van der Waals surface area contributed by atoms with E-state index in [1.165, 1.54) is 0 Å². The number of hydrogen-bond acceptors (Lipinski definition) is 5. The van der Waals surface area contributed by atoms with Gasteiger partial charge in [-0.2, -0.15) is 0 Å². The highest BCUT2D eigenvalue weighted by Crippen LogP contribution is 2.20. The minimum atomic E-state index is -0.400. The second kappa shape index (κ2) is 6.18. The lowest BCUT2D eigenvalue weighted by molar-refractivity contribution is -0.0129. The highest BCUT2D eigenvalue weighted by atomic mass is 16.5. The molecule has 1 atom stereocenters. The Morgan fingerprint density at radius 2 is 2.42 bits per heavy atom. The third-order valence-corrected chi connectivity index (χ3v) is 3.57. The van der Waals surface area contributed by atoms with Gasteiger partial charge in [0.25, 0.3) is 0 Å². The van der Waals surface area contributed by atoms with E-state index in [0.717, 1.165) is 44.0 Å². The van der Waals surface area contributed by atoms with E-state index in [1.807, 2.05) is 6.92 Å². The topological polar surface area (TPSA) is 80.7 Å². The van der Waals surface area contributed by atoms with Gasteiger partial charge in [-0.25, -0.2) is 5.84 Å². The minimum absolute atomic E-state index is 0.260. The summed E-state index contributed by atoms with van der Waals surface area (Å²) in [4.78, 5) is 13.8. The van der Waals surface area contributed by atoms with Crippen molar-refractivity contribution in [2.45, 2.75) is 32.9 Å². The number of nitrogens with zero attached hydrogens (tertiary/aromatic N) is 1. The number of carbonyl (C=O) groups excluding carboxylic acids is 1. The van der Waals surface area contributed by atoms with Crippen LogP contribution in [0.15, 0.2) is 10.5 Å². The third kappa shape index (κ3) is 3.15. The van der Waals surface area contributed by atoms with Gasteiger partial charge in [0, 0.05) is 24.7 Å². The number of hydrogen-bond donors (Lipinski definition) is 2. The van der Waals surface area contributed by atoms with Crippen molar-refractivity contribution in [2.24, 2.45) is 5.84 Å². The van der Waals surface area contributed by atoms with Crippen molar-refractivity contribution in [2.75, 3.05) is 19.8 Å². The molecule has 1 saturated heterocycles. The van der Waals surface area contributed by atoms with Gasteiger partial charge in [0.05, 0.1) is 13.2 Å². The molecule has 3 N–H and O–H groups in total. The Morgan fingerprint density at radius 1 is 1.63 bits per heavy atom. The number of aryl methyl sites for hydroxylation is 1. The lowest BCUT2D eigenvalue weighted by Gasteiger charge is -2.34. The molecule has 0 saturated carbocycles. The van der Waals surface area contributed by atoms with E-state index in [0.29, 0.717) is 6.04 Å². The summed E-state index contributed by atoms with van der Waals surface area (Å²) in [6.07, 6.45) is 1.05. The quantitative estimate of drug-likeness (QED) is 0.479. The molecule has 19 heavy (non-hydrogen) atoms. The Labute approximate surface area is 112 Å². The number of hydrazine groups is 1. The molecule has 2 heterocycles. The molecular weight excluding hydrogens is 246 g/mol. The number of carbonyl (C=O) groups is 1. The normalized spacial score (nSPS) is 20.5. The summed E-state index contributed by atoms with van der Waals surface area (Å²) >= 11 is 0. The Bertz CT molecular complexity index is 444. The fourth-order valence-corrected chi connectivity index (χ4v) is 2.35. The molecule has 0 spiro atoms. The molecule has 1 amide bonds. The average Bonchev–Trinajstić information content (AvgIpc) is 2.80. The Hall–Kier alpha value is -1.37. The van der Waals surface area contributed by atoms with Gasteiger partial charge in [-0.1, -0.05) is 6.92 Å². The van der Waals surface area contributed by atoms with Crippen LogP contribution in [0.3, 0.4) is 0 Å². The largest absolute Gasteiger partial charge is 0.456 e. The van der Waals surface area contributed by atoms with Crippen LogP contribution in [0.25, 0.3) is 0 Å². The van der Waals surface area contributed by atoms with Crippen molar-refractivity contribution >= 4 is 5.91 Å². The molecule has 1 unspecified atom stereocenters. The summed E-state index contributed by atoms with van der Waals surface area (Å²) in [6.45, 7) is 7.22. The molecule has 0 aromatic carbocycles. The fourth-order valence-electron chi connectivity index (χ4n) is 2.35. The molecule has 6 nitrogen and oxygen atoms in total. The molecule has 1 aliphatic heterocycles. The number of nitrogen functional groups attached to an aromatic ring is 1. The first-order valence-corrected chi connectivity index (χ1v) is 6.57. The summed E-state index contributed by atoms with van der Waals surface area (Å²) in [7, 11) is 0. The molecular formula is C13H21N3O3. The summed E-state index contributed by atoms with van der Waals surface area (Å²) in [5, 5.41) is 0. The molecule has 0 bridgehead atoms. The van der Waals surface area contributed by atoms with Crippen molar-refractivity contribution in [3.8, 4) is 0 Å². The van der Waals surface area contributed by atoms with Crippen LogP contribution in [-0.2, 0) is 11.3 Å². The van der Waals surface area contributed by atoms with E-state index in [2.05, 4.69) is 17.2 Å². The number of ether oxygens (including phenoxy) is 1. The summed E-state index contributed by atoms with van der Waals surface area (Å²) in [5.74, 6) is 5.73. The van der Waals surface area contributed by atoms with Crippen LogP contribution in [0.2, 0.25) is 0 Å². The lowest BCUT2D eigenvalue weighted by Crippen LogP contribution is -2.44. The summed E-state index contributed by atoms with van der Waals surface area (Å²) in [5.41, 5.74) is 3.11. The maximum atomic E-state index is 11.4. The molecule has 1 aromatic rings. The highest BCUT2D eigenvalue weighted by Gasteiger charge is 2.23. The third-order valence-electron chi connectivity index (χ3n) is 3.57. The van der Waals surface area contributed by atoms with E-state index in [-0.39, 0.29) is 5.76 Å². The molecule has 1 fully saturated rings. The molecule has 2 rings (SSSR count). The van der Waals surface area contributed by atoms with Crippen molar-refractivity contribution in [3.05, 3.63) is 23.2 Å². The SMILES string of the molecule is CCC1COCCN1Cc1cc(C(=O)NN)oc1C. The zero-order valence-electron chi connectivity index (χ0n) is 11.4. The van der Waals surface area contributed by atoms with Gasteiger partial charge in [-0.05, 0) is 19.4 Å². The van der Waals surface area contributed by atoms with Crippen molar-refractivity contribution in [3.63, 3.8) is 0 Å². The molecule has 1 aliphatic rings. The number of nitrogens with two attached hydrogens (primary N) is 1. The van der Waals surface area contributed by atoms with Crippen LogP contribution in [0.5, 0.6) is 0 Å². The molecule has 1 aromatic heterocycles. The maximum Gasteiger partial charge on any atom is 0.300 e. The van der Waals surface area contributed by atoms with Gasteiger partial charge >= 0.3 is 5.91 Å². The van der Waals surface area contributed by atoms with Crippen LogP contribution in [0.1, 0.15) is 35.2 Å². The second-order valence-corrected chi connectivity index (χ2v) is 4.77. The predicted molar refractivity (Wildman–Crippen MR) is 70.4 cm³/mol. The maximum absolute atomic E-state index is 11.4. The van der Waals surface area contributed by atoms with E-state index in [4.69, 9.17) is 15.0 Å². The average molecular weight is 267 g/mol. The van der Waals surface area contributed by atoms with Crippen LogP contribution in [0, 0.1) is 6.92 Å². The van der Waals surface area contributed by atoms with E-state index in [1.54, 1.807) is 6.07 Å². The smallest absolute Gasteiger partial charge is 0.300 e. The number of nitrogens with one attached hydrogen (secondary N) is 1. The number of amides is 1. The monoisotopic (exact) mass is 267 g/mol. The first kappa shape index (κ1) is 14.0. The summed E-state index contributed by atoms with van der Waals surface area (Å²) in [6, 6.07) is 2.19. The van der Waals surface area contributed by atoms with Gasteiger partial charge in [-0.15, -0.1) is 0 Å². The minimum Gasteiger partial charge on any atom is -0.456 e. The zero-order chi connectivity index (χ0) is 13.8. The lowest BCUT2D eigenvalue weighted by atomic mass is 10.1. The van der Waals surface area contributed by atoms with Crippen molar-refractivity contribution < 1.29 is 13.9 Å². The molecule has 0 radical (unpaired) electrons. The van der Waals surface area contributed by atoms with Gasteiger partial charge in [-0.3, -0.25) is 15.1 Å². The van der Waals surface area contributed by atoms with Crippen molar-refractivity contribution in [1.82, 2.24) is 10.3 Å². The van der Waals surface area contributed by atoms with E-state index in [9.17, 15) is 4.79 Å². The first-order chi connectivity index (χ1) is 9.15. The van der Waals surface area contributed by atoms with Gasteiger partial charge in [0.1, 0.15) is 5.76 Å². The Kier molecular flexibility index (Phi) is 4.57. The number of furan rings is 1. The predicted octanol–water partition coefficient (Wildman–Crippen LogP) is 0.802. The number of rotatable bonds is 4. The first-order valence-electron chi connectivity index (χ1n) is 6.57. The fraction of sp³-hybridized carbons (Fsp3) is 0.615. The Balaban J connectivity index is 2.09. The van der Waals surface area contributed by atoms with Gasteiger partial charge in [0.15, 0.2) is 5.76 Å². The summed E-state index contributed by atoms with van der Waals surface area (Å²) < 4.78 is 10.9. The Morgan fingerprint density at radius 3 is 3.11 bits per heavy atom. The molecule has 106 valence electrons. The van der Waals surface area contributed by atoms with Crippen LogP contribution in [0.4, 0.5) is 0 Å². The van der Waals surface area contributed by atoms with Gasteiger partial charge < -0.3 is 9.15 Å². The van der Waals surface area contributed by atoms with Crippen molar-refractivity contribution in [1.29, 1.82) is 0 Å². The van der Waals surface area contributed by atoms with Crippen LogP contribution < -0.4 is 11.3 Å². The van der Waals surface area contributed by atoms with Gasteiger partial charge in [0.2, 0.25) is 0 Å². The molecule has 0 aliphatic carbocycles. The van der Waals surface area contributed by atoms with Crippen LogP contribution in [-0.4, -0.2) is 36.6 Å².